The van der Waals surface area contributed by atoms with Crippen molar-refractivity contribution in [2.24, 2.45) is 17.1 Å². The fourth-order valence-electron chi connectivity index (χ4n) is 2.32. The van der Waals surface area contributed by atoms with Crippen molar-refractivity contribution in [3.8, 4) is 0 Å². The summed E-state index contributed by atoms with van der Waals surface area (Å²) in [5.41, 5.74) is 5.75. The second kappa shape index (κ2) is 7.24. The van der Waals surface area contributed by atoms with Crippen molar-refractivity contribution in [3.63, 3.8) is 0 Å². The number of rotatable bonds is 1. The molecule has 18 heavy (non-hydrogen) atoms. The number of nitrogens with one attached hydrogen (secondary N) is 2. The van der Waals surface area contributed by atoms with Crippen LogP contribution in [0, 0.1) is 16.7 Å². The lowest BCUT2D eigenvalue weighted by molar-refractivity contribution is -0.134. The van der Waals surface area contributed by atoms with Crippen molar-refractivity contribution in [2.75, 3.05) is 0 Å². The van der Waals surface area contributed by atoms with Crippen LogP contribution in [-0.4, -0.2) is 23.1 Å². The van der Waals surface area contributed by atoms with Crippen molar-refractivity contribution in [3.05, 3.63) is 0 Å². The van der Waals surface area contributed by atoms with E-state index in [9.17, 15) is 0 Å². The summed E-state index contributed by atoms with van der Waals surface area (Å²) in [6.45, 7) is 8.03. The van der Waals surface area contributed by atoms with Crippen LogP contribution in [0.4, 0.5) is 0 Å². The summed E-state index contributed by atoms with van der Waals surface area (Å²) in [5, 5.41) is 17.6. The van der Waals surface area contributed by atoms with Crippen LogP contribution >= 0.6 is 0 Å². The van der Waals surface area contributed by atoms with Gasteiger partial charge in [-0.1, -0.05) is 20.8 Å². The summed E-state index contributed by atoms with van der Waals surface area (Å²) in [6.07, 6.45) is 4.83. The molecule has 0 atom stereocenters. The van der Waals surface area contributed by atoms with Gasteiger partial charge in [0.1, 0.15) is 0 Å². The molecule has 0 unspecified atom stereocenters. The van der Waals surface area contributed by atoms with Gasteiger partial charge in [0, 0.05) is 13.0 Å². The van der Waals surface area contributed by atoms with Gasteiger partial charge in [-0.15, -0.1) is 0 Å². The number of carboxylic acid groups (broad SMARTS) is 1. The highest BCUT2D eigenvalue weighted by atomic mass is 16.4. The molecular weight excluding hydrogens is 230 g/mol. The first-order valence-electron chi connectivity index (χ1n) is 6.43. The zero-order valence-corrected chi connectivity index (χ0v) is 11.9. The molecule has 5 heteroatoms. The standard InChI is InChI=1S/C11H23N3.C2H4O2/c1-11(2,3)8-4-6-9(7-5-8)14-10(12)13;1-2(3)4/h8-9H,4-7H2,1-3H3,(H4,12,13,14);1H3,(H,3,4). The summed E-state index contributed by atoms with van der Waals surface area (Å²) >= 11 is 0. The third kappa shape index (κ3) is 7.92. The Labute approximate surface area is 110 Å². The molecule has 0 radical (unpaired) electrons. The van der Waals surface area contributed by atoms with E-state index in [-0.39, 0.29) is 5.96 Å². The van der Waals surface area contributed by atoms with Crippen molar-refractivity contribution in [1.29, 1.82) is 5.41 Å². The van der Waals surface area contributed by atoms with Gasteiger partial charge in [0.2, 0.25) is 0 Å². The predicted octanol–water partition coefficient (Wildman–Crippen LogP) is 2.17. The monoisotopic (exact) mass is 257 g/mol. The molecule has 1 fully saturated rings. The minimum Gasteiger partial charge on any atom is -0.481 e. The Morgan fingerprint density at radius 3 is 1.94 bits per heavy atom. The van der Waals surface area contributed by atoms with Crippen molar-refractivity contribution in [1.82, 2.24) is 5.32 Å². The summed E-state index contributed by atoms with van der Waals surface area (Å²) in [4.78, 5) is 9.00. The second-order valence-corrected chi connectivity index (χ2v) is 5.99. The van der Waals surface area contributed by atoms with Gasteiger partial charge in [0.05, 0.1) is 0 Å². The second-order valence-electron chi connectivity index (χ2n) is 5.99. The molecule has 0 aromatic carbocycles. The molecule has 5 N–H and O–H groups in total. The van der Waals surface area contributed by atoms with Crippen molar-refractivity contribution < 1.29 is 9.90 Å². The van der Waals surface area contributed by atoms with E-state index in [0.717, 1.165) is 25.7 Å². The van der Waals surface area contributed by atoms with Crippen LogP contribution in [0.2, 0.25) is 0 Å². The van der Waals surface area contributed by atoms with E-state index in [1.807, 2.05) is 0 Å². The third-order valence-electron chi connectivity index (χ3n) is 3.31. The normalized spacial score (nSPS) is 23.6. The number of aliphatic carboxylic acids is 1. The average molecular weight is 257 g/mol. The summed E-state index contributed by atoms with van der Waals surface area (Å²) in [5.74, 6) is 0.108. The van der Waals surface area contributed by atoms with Crippen LogP contribution in [0.5, 0.6) is 0 Å². The number of hydrogen-bond acceptors (Lipinski definition) is 2. The van der Waals surface area contributed by atoms with E-state index >= 15 is 0 Å². The fourth-order valence-corrected chi connectivity index (χ4v) is 2.32. The number of guanidine groups is 1. The maximum Gasteiger partial charge on any atom is 0.300 e. The highest BCUT2D eigenvalue weighted by Crippen LogP contribution is 2.37. The maximum atomic E-state index is 9.00. The smallest absolute Gasteiger partial charge is 0.300 e. The fraction of sp³-hybridized carbons (Fsp3) is 0.846. The largest absolute Gasteiger partial charge is 0.481 e. The highest BCUT2D eigenvalue weighted by molar-refractivity contribution is 5.74. The van der Waals surface area contributed by atoms with Crippen molar-refractivity contribution >= 4 is 11.9 Å². The number of carboxylic acids is 1. The molecule has 0 amide bonds. The Kier molecular flexibility index (Phi) is 6.73. The van der Waals surface area contributed by atoms with E-state index in [1.165, 1.54) is 12.8 Å². The van der Waals surface area contributed by atoms with Crippen LogP contribution in [0.15, 0.2) is 0 Å². The Balaban J connectivity index is 0.000000631. The zero-order valence-electron chi connectivity index (χ0n) is 11.9. The molecule has 0 spiro atoms. The average Bonchev–Trinajstić information content (AvgIpc) is 2.14. The Morgan fingerprint density at radius 2 is 1.67 bits per heavy atom. The molecule has 106 valence electrons. The van der Waals surface area contributed by atoms with Gasteiger partial charge < -0.3 is 16.2 Å². The van der Waals surface area contributed by atoms with Crippen molar-refractivity contribution in [2.45, 2.75) is 59.4 Å². The third-order valence-corrected chi connectivity index (χ3v) is 3.31. The number of nitrogens with two attached hydrogens (primary N) is 1. The Hall–Kier alpha value is -1.26. The molecule has 1 saturated carbocycles. The minimum absolute atomic E-state index is 0.115. The highest BCUT2D eigenvalue weighted by Gasteiger charge is 2.29. The van der Waals surface area contributed by atoms with Crippen LogP contribution in [0.3, 0.4) is 0 Å². The SMILES string of the molecule is CC(=O)O.CC(C)(C)C1CCC(NC(=N)N)CC1. The maximum absolute atomic E-state index is 9.00. The molecule has 0 bridgehead atoms. The predicted molar refractivity (Wildman–Crippen MR) is 73.6 cm³/mol. The molecule has 1 aliphatic rings. The van der Waals surface area contributed by atoms with Gasteiger partial charge >= 0.3 is 0 Å². The topological polar surface area (TPSA) is 99.2 Å². The number of carbonyl (C=O) groups is 1. The first-order chi connectivity index (χ1) is 8.12. The van der Waals surface area contributed by atoms with E-state index in [4.69, 9.17) is 21.0 Å². The lowest BCUT2D eigenvalue weighted by atomic mass is 9.71. The molecule has 5 nitrogen and oxygen atoms in total. The van der Waals surface area contributed by atoms with Crippen LogP contribution in [-0.2, 0) is 4.79 Å². The molecular formula is C13H27N3O2. The van der Waals surface area contributed by atoms with Gasteiger partial charge in [-0.3, -0.25) is 10.2 Å². The molecule has 1 rings (SSSR count). The number of hydrogen-bond donors (Lipinski definition) is 4. The summed E-state index contributed by atoms with van der Waals surface area (Å²) < 4.78 is 0. The van der Waals surface area contributed by atoms with Crippen LogP contribution < -0.4 is 11.1 Å². The molecule has 0 aromatic rings. The molecule has 1 aliphatic carbocycles. The van der Waals surface area contributed by atoms with Gasteiger partial charge in [0.15, 0.2) is 5.96 Å². The lowest BCUT2D eigenvalue weighted by Crippen LogP contribution is -2.42. The first kappa shape index (κ1) is 16.7. The Bertz CT molecular complexity index is 272. The summed E-state index contributed by atoms with van der Waals surface area (Å²) in [6, 6.07) is 0.436. The van der Waals surface area contributed by atoms with Crippen LogP contribution in [0.25, 0.3) is 0 Å². The zero-order chi connectivity index (χ0) is 14.3. The van der Waals surface area contributed by atoms with E-state index in [2.05, 4.69) is 26.1 Å². The first-order valence-corrected chi connectivity index (χ1v) is 6.43. The molecule has 0 aliphatic heterocycles. The lowest BCUT2D eigenvalue weighted by Gasteiger charge is -2.37. The van der Waals surface area contributed by atoms with E-state index in [0.29, 0.717) is 11.5 Å². The minimum atomic E-state index is -0.833. The van der Waals surface area contributed by atoms with Gasteiger partial charge in [-0.2, -0.15) is 0 Å². The van der Waals surface area contributed by atoms with Gasteiger partial charge in [-0.05, 0) is 37.0 Å². The van der Waals surface area contributed by atoms with Crippen LogP contribution in [0.1, 0.15) is 53.4 Å². The van der Waals surface area contributed by atoms with Gasteiger partial charge in [0.25, 0.3) is 5.97 Å². The quantitative estimate of drug-likeness (QED) is 0.427. The van der Waals surface area contributed by atoms with E-state index < -0.39 is 5.97 Å². The Morgan fingerprint density at radius 1 is 1.28 bits per heavy atom. The van der Waals surface area contributed by atoms with E-state index in [1.54, 1.807) is 0 Å². The molecule has 0 heterocycles. The molecule has 0 saturated heterocycles. The summed E-state index contributed by atoms with van der Waals surface area (Å²) in [7, 11) is 0. The molecule has 0 aromatic heterocycles. The van der Waals surface area contributed by atoms with Gasteiger partial charge in [-0.25, -0.2) is 0 Å².